The summed E-state index contributed by atoms with van der Waals surface area (Å²) in [5, 5.41) is 0. The zero-order chi connectivity index (χ0) is 16.2. The van der Waals surface area contributed by atoms with Crippen LogP contribution in [-0.4, -0.2) is 58.6 Å². The SMILES string of the molecule is COCCNS(=O)(=O)c1cccc(C(=O)N2CC[C@@H](N)C2)c1.Cl. The van der Waals surface area contributed by atoms with E-state index in [9.17, 15) is 13.2 Å². The number of rotatable bonds is 6. The molecule has 0 aliphatic carbocycles. The van der Waals surface area contributed by atoms with Crippen molar-refractivity contribution in [2.24, 2.45) is 5.73 Å². The molecule has 1 atom stereocenters. The number of nitrogens with two attached hydrogens (primary N) is 1. The Bertz CT molecular complexity index is 639. The quantitative estimate of drug-likeness (QED) is 0.703. The molecule has 0 saturated carbocycles. The first-order valence-electron chi connectivity index (χ1n) is 7.07. The highest BCUT2D eigenvalue weighted by molar-refractivity contribution is 7.89. The predicted molar refractivity (Wildman–Crippen MR) is 89.3 cm³/mol. The average Bonchev–Trinajstić information content (AvgIpc) is 2.93. The van der Waals surface area contributed by atoms with Crippen LogP contribution in [-0.2, 0) is 14.8 Å². The number of nitrogens with zero attached hydrogens (tertiary/aromatic N) is 1. The lowest BCUT2D eigenvalue weighted by molar-refractivity contribution is 0.0790. The Labute approximate surface area is 142 Å². The highest BCUT2D eigenvalue weighted by Gasteiger charge is 2.25. The second-order valence-electron chi connectivity index (χ2n) is 5.22. The van der Waals surface area contributed by atoms with Crippen LogP contribution in [0, 0.1) is 0 Å². The molecule has 0 aromatic heterocycles. The molecule has 1 fully saturated rings. The molecule has 0 bridgehead atoms. The normalized spacial score (nSPS) is 17.8. The van der Waals surface area contributed by atoms with Gasteiger partial charge in [0.05, 0.1) is 11.5 Å². The molecule has 0 spiro atoms. The van der Waals surface area contributed by atoms with E-state index in [1.165, 1.54) is 19.2 Å². The Kier molecular flexibility index (Phi) is 7.43. The van der Waals surface area contributed by atoms with Crippen molar-refractivity contribution < 1.29 is 17.9 Å². The Morgan fingerprint density at radius 2 is 2.22 bits per heavy atom. The van der Waals surface area contributed by atoms with Gasteiger partial charge in [0.1, 0.15) is 0 Å². The number of carbonyl (C=O) groups is 1. The number of nitrogens with one attached hydrogen (secondary N) is 1. The fourth-order valence-corrected chi connectivity index (χ4v) is 3.37. The molecular weight excluding hydrogens is 342 g/mol. The number of methoxy groups -OCH3 is 1. The third-order valence-electron chi connectivity index (χ3n) is 3.50. The number of halogens is 1. The smallest absolute Gasteiger partial charge is 0.253 e. The van der Waals surface area contributed by atoms with Crippen LogP contribution in [0.3, 0.4) is 0 Å². The van der Waals surface area contributed by atoms with Gasteiger partial charge in [-0.25, -0.2) is 13.1 Å². The van der Waals surface area contributed by atoms with Crippen LogP contribution < -0.4 is 10.5 Å². The average molecular weight is 364 g/mol. The number of amides is 1. The maximum atomic E-state index is 12.4. The molecule has 3 N–H and O–H groups in total. The third-order valence-corrected chi connectivity index (χ3v) is 4.96. The number of hydrogen-bond acceptors (Lipinski definition) is 5. The van der Waals surface area contributed by atoms with Crippen LogP contribution >= 0.6 is 12.4 Å². The van der Waals surface area contributed by atoms with Crippen molar-refractivity contribution in [1.29, 1.82) is 0 Å². The van der Waals surface area contributed by atoms with Crippen molar-refractivity contribution in [3.05, 3.63) is 29.8 Å². The minimum absolute atomic E-state index is 0. The molecule has 2 rings (SSSR count). The van der Waals surface area contributed by atoms with E-state index in [-0.39, 0.29) is 42.4 Å². The molecule has 1 aromatic carbocycles. The summed E-state index contributed by atoms with van der Waals surface area (Å²) in [4.78, 5) is 14.1. The van der Waals surface area contributed by atoms with Crippen LogP contribution in [0.1, 0.15) is 16.8 Å². The summed E-state index contributed by atoms with van der Waals surface area (Å²) in [7, 11) is -2.15. The topological polar surface area (TPSA) is 102 Å². The van der Waals surface area contributed by atoms with Crippen LogP contribution in [0.5, 0.6) is 0 Å². The van der Waals surface area contributed by atoms with E-state index >= 15 is 0 Å². The van der Waals surface area contributed by atoms with Gasteiger partial charge in [-0.1, -0.05) is 6.07 Å². The number of hydrogen-bond donors (Lipinski definition) is 2. The van der Waals surface area contributed by atoms with Gasteiger partial charge in [0, 0.05) is 38.3 Å². The van der Waals surface area contributed by atoms with Crippen LogP contribution in [0.25, 0.3) is 0 Å². The molecule has 1 aliphatic rings. The zero-order valence-electron chi connectivity index (χ0n) is 12.9. The summed E-state index contributed by atoms with van der Waals surface area (Å²) in [6.45, 7) is 1.56. The van der Waals surface area contributed by atoms with Gasteiger partial charge >= 0.3 is 0 Å². The lowest BCUT2D eigenvalue weighted by Crippen LogP contribution is -2.32. The summed E-state index contributed by atoms with van der Waals surface area (Å²) < 4.78 is 31.5. The molecular formula is C14H22ClN3O4S. The molecule has 1 heterocycles. The van der Waals surface area contributed by atoms with Gasteiger partial charge in [-0.2, -0.15) is 0 Å². The first-order chi connectivity index (χ1) is 10.4. The first kappa shape index (κ1) is 19.9. The van der Waals surface area contributed by atoms with E-state index in [0.29, 0.717) is 18.7 Å². The fourth-order valence-electron chi connectivity index (χ4n) is 2.31. The van der Waals surface area contributed by atoms with E-state index in [1.54, 1.807) is 17.0 Å². The Morgan fingerprint density at radius 1 is 1.48 bits per heavy atom. The third kappa shape index (κ3) is 5.15. The largest absolute Gasteiger partial charge is 0.383 e. The van der Waals surface area contributed by atoms with Crippen LogP contribution in [0.15, 0.2) is 29.2 Å². The van der Waals surface area contributed by atoms with Gasteiger partial charge in [0.25, 0.3) is 5.91 Å². The minimum Gasteiger partial charge on any atom is -0.383 e. The number of benzene rings is 1. The van der Waals surface area contributed by atoms with E-state index < -0.39 is 10.0 Å². The van der Waals surface area contributed by atoms with Crippen molar-refractivity contribution in [3.63, 3.8) is 0 Å². The first-order valence-corrected chi connectivity index (χ1v) is 8.56. The van der Waals surface area contributed by atoms with Gasteiger partial charge < -0.3 is 15.4 Å². The summed E-state index contributed by atoms with van der Waals surface area (Å²) in [6, 6.07) is 6.02. The molecule has 1 aliphatic heterocycles. The molecule has 1 amide bonds. The van der Waals surface area contributed by atoms with E-state index in [4.69, 9.17) is 10.5 Å². The molecule has 0 radical (unpaired) electrons. The van der Waals surface area contributed by atoms with Crippen molar-refractivity contribution in [3.8, 4) is 0 Å². The Morgan fingerprint density at radius 3 is 2.83 bits per heavy atom. The molecule has 1 saturated heterocycles. The monoisotopic (exact) mass is 363 g/mol. The van der Waals surface area contributed by atoms with Gasteiger partial charge in [-0.3, -0.25) is 4.79 Å². The molecule has 7 nitrogen and oxygen atoms in total. The Balaban J connectivity index is 0.00000264. The van der Waals surface area contributed by atoms with Crippen LogP contribution in [0.2, 0.25) is 0 Å². The summed E-state index contributed by atoms with van der Waals surface area (Å²) in [5.74, 6) is -0.193. The van der Waals surface area contributed by atoms with Crippen molar-refractivity contribution >= 4 is 28.3 Å². The fraction of sp³-hybridized carbons (Fsp3) is 0.500. The molecule has 9 heteroatoms. The molecule has 0 unspecified atom stereocenters. The number of likely N-dealkylation sites (tertiary alicyclic amines) is 1. The lowest BCUT2D eigenvalue weighted by Gasteiger charge is -2.16. The molecule has 130 valence electrons. The van der Waals surface area contributed by atoms with E-state index in [0.717, 1.165) is 6.42 Å². The number of ether oxygens (including phenoxy) is 1. The molecule has 23 heavy (non-hydrogen) atoms. The summed E-state index contributed by atoms with van der Waals surface area (Å²) in [6.07, 6.45) is 0.766. The maximum absolute atomic E-state index is 12.4. The maximum Gasteiger partial charge on any atom is 0.253 e. The van der Waals surface area contributed by atoms with E-state index in [1.807, 2.05) is 0 Å². The van der Waals surface area contributed by atoms with Gasteiger partial charge in [0.15, 0.2) is 0 Å². The highest BCUT2D eigenvalue weighted by Crippen LogP contribution is 2.16. The van der Waals surface area contributed by atoms with Gasteiger partial charge in [0.2, 0.25) is 10.0 Å². The highest BCUT2D eigenvalue weighted by atomic mass is 35.5. The zero-order valence-corrected chi connectivity index (χ0v) is 14.5. The van der Waals surface area contributed by atoms with Crippen molar-refractivity contribution in [1.82, 2.24) is 9.62 Å². The van der Waals surface area contributed by atoms with Crippen molar-refractivity contribution in [2.75, 3.05) is 33.4 Å². The second-order valence-corrected chi connectivity index (χ2v) is 6.99. The Hall–Kier alpha value is -1.19. The number of sulfonamides is 1. The van der Waals surface area contributed by atoms with E-state index in [2.05, 4.69) is 4.72 Å². The predicted octanol–water partition coefficient (Wildman–Crippen LogP) is 0.206. The summed E-state index contributed by atoms with van der Waals surface area (Å²) >= 11 is 0. The van der Waals surface area contributed by atoms with Gasteiger partial charge in [-0.05, 0) is 24.6 Å². The molecule has 1 aromatic rings. The number of carbonyl (C=O) groups excluding carboxylic acids is 1. The minimum atomic E-state index is -3.65. The standard InChI is InChI=1S/C14H21N3O4S.ClH/c1-21-8-6-16-22(19,20)13-4-2-3-11(9-13)14(18)17-7-5-12(15)10-17;/h2-4,9,12,16H,5-8,10,15H2,1H3;1H/t12-;/m1./s1. The second kappa shape index (κ2) is 8.60. The lowest BCUT2D eigenvalue weighted by atomic mass is 10.2. The van der Waals surface area contributed by atoms with Crippen molar-refractivity contribution in [2.45, 2.75) is 17.4 Å². The van der Waals surface area contributed by atoms with Gasteiger partial charge in [-0.15, -0.1) is 12.4 Å². The summed E-state index contributed by atoms with van der Waals surface area (Å²) in [5.41, 5.74) is 6.15. The van der Waals surface area contributed by atoms with Crippen LogP contribution in [0.4, 0.5) is 0 Å².